The first-order chi connectivity index (χ1) is 12.5. The third kappa shape index (κ3) is 7.26. The van der Waals surface area contributed by atoms with E-state index in [1.54, 1.807) is 37.6 Å². The third-order valence-corrected chi connectivity index (χ3v) is 3.61. The fourth-order valence-electron chi connectivity index (χ4n) is 2.22. The summed E-state index contributed by atoms with van der Waals surface area (Å²) in [6, 6.07) is 7.00. The van der Waals surface area contributed by atoms with Crippen LogP contribution in [0.2, 0.25) is 0 Å². The Bertz CT molecular complexity index is 731. The smallest absolute Gasteiger partial charge is 0.246 e. The fourth-order valence-corrected chi connectivity index (χ4v) is 2.22. The number of carbonyl (C=O) groups is 2. The number of methoxy groups -OCH3 is 2. The maximum absolute atomic E-state index is 12.1. The monoisotopic (exact) mass is 397 g/mol. The molecule has 0 aliphatic rings. The Kier molecular flexibility index (Phi) is 9.27. The van der Waals surface area contributed by atoms with Gasteiger partial charge in [0.15, 0.2) is 0 Å². The lowest BCUT2D eigenvalue weighted by molar-refractivity contribution is -0.118. The number of halogens is 1. The third-order valence-electron chi connectivity index (χ3n) is 3.61. The quantitative estimate of drug-likeness (QED) is 0.585. The van der Waals surface area contributed by atoms with Crippen LogP contribution in [0.3, 0.4) is 0 Å². The Morgan fingerprint density at radius 2 is 1.81 bits per heavy atom. The molecule has 4 N–H and O–H groups in total. The molecule has 0 saturated carbocycles. The van der Waals surface area contributed by atoms with Crippen molar-refractivity contribution in [3.63, 3.8) is 0 Å². The molecule has 1 aromatic carbocycles. The Morgan fingerprint density at radius 1 is 1.15 bits per heavy atom. The lowest BCUT2D eigenvalue weighted by Gasteiger charge is -2.11. The van der Waals surface area contributed by atoms with Crippen LogP contribution in [0.5, 0.6) is 5.75 Å². The maximum Gasteiger partial charge on any atom is 0.246 e. The van der Waals surface area contributed by atoms with Gasteiger partial charge in [-0.3, -0.25) is 14.3 Å². The first-order valence-corrected chi connectivity index (χ1v) is 8.03. The summed E-state index contributed by atoms with van der Waals surface area (Å²) in [5.41, 5.74) is 6.65. The molecule has 0 aliphatic heterocycles. The van der Waals surface area contributed by atoms with Gasteiger partial charge in [0.2, 0.25) is 11.8 Å². The minimum atomic E-state index is -0.333. The SMILES string of the molecule is COc1ccc(NC(=O)Cn2cc(NC(=O)CC(CN)OC)cn2)cc1.Cl. The Balaban J connectivity index is 0.00000364. The van der Waals surface area contributed by atoms with Crippen molar-refractivity contribution >= 4 is 35.6 Å². The number of anilines is 2. The van der Waals surface area contributed by atoms with Crippen molar-refractivity contribution in [3.8, 4) is 5.75 Å². The molecule has 27 heavy (non-hydrogen) atoms. The minimum Gasteiger partial charge on any atom is -0.497 e. The van der Waals surface area contributed by atoms with Crippen LogP contribution >= 0.6 is 12.4 Å². The highest BCUT2D eigenvalue weighted by Gasteiger charge is 2.13. The average molecular weight is 398 g/mol. The molecule has 9 nitrogen and oxygen atoms in total. The van der Waals surface area contributed by atoms with Gasteiger partial charge in [0.1, 0.15) is 12.3 Å². The van der Waals surface area contributed by atoms with Crippen molar-refractivity contribution in [2.24, 2.45) is 5.73 Å². The number of carbonyl (C=O) groups excluding carboxylic acids is 2. The molecule has 148 valence electrons. The molecular formula is C17H24ClN5O4. The van der Waals surface area contributed by atoms with Crippen LogP contribution in [0.4, 0.5) is 11.4 Å². The number of amides is 2. The minimum absolute atomic E-state index is 0. The standard InChI is InChI=1S/C17H23N5O4.ClH/c1-25-14-5-3-12(4-6-14)20-17(24)11-22-10-13(9-19-22)21-16(23)7-15(8-18)26-2;/h3-6,9-10,15H,7-8,11,18H2,1-2H3,(H,20,24)(H,21,23);1H. The van der Waals surface area contributed by atoms with E-state index in [1.165, 1.54) is 18.0 Å². The molecule has 0 saturated heterocycles. The van der Waals surface area contributed by atoms with Gasteiger partial charge in [-0.2, -0.15) is 5.10 Å². The van der Waals surface area contributed by atoms with Crippen molar-refractivity contribution in [2.75, 3.05) is 31.4 Å². The number of nitrogens with two attached hydrogens (primary N) is 1. The highest BCUT2D eigenvalue weighted by atomic mass is 35.5. The second-order valence-corrected chi connectivity index (χ2v) is 5.55. The molecule has 0 spiro atoms. The molecule has 1 unspecified atom stereocenters. The summed E-state index contributed by atoms with van der Waals surface area (Å²) >= 11 is 0. The van der Waals surface area contributed by atoms with Crippen LogP contribution < -0.4 is 21.1 Å². The van der Waals surface area contributed by atoms with Gasteiger partial charge in [0.05, 0.1) is 31.5 Å². The van der Waals surface area contributed by atoms with Crippen LogP contribution in [0.25, 0.3) is 0 Å². The number of hydrogen-bond donors (Lipinski definition) is 3. The number of rotatable bonds is 9. The Hall–Kier alpha value is -2.62. The highest BCUT2D eigenvalue weighted by Crippen LogP contribution is 2.15. The van der Waals surface area contributed by atoms with Crippen LogP contribution in [0, 0.1) is 0 Å². The Labute approximate surface area is 163 Å². The van der Waals surface area contributed by atoms with E-state index in [4.69, 9.17) is 15.2 Å². The van der Waals surface area contributed by atoms with Crippen LogP contribution in [0.1, 0.15) is 6.42 Å². The van der Waals surface area contributed by atoms with E-state index in [9.17, 15) is 9.59 Å². The van der Waals surface area contributed by atoms with Crippen molar-refractivity contribution in [2.45, 2.75) is 19.1 Å². The van der Waals surface area contributed by atoms with Crippen LogP contribution in [-0.4, -0.2) is 48.5 Å². The number of benzene rings is 1. The highest BCUT2D eigenvalue weighted by molar-refractivity contribution is 5.91. The van der Waals surface area contributed by atoms with E-state index < -0.39 is 0 Å². The second kappa shape index (κ2) is 11.2. The zero-order valence-electron chi connectivity index (χ0n) is 15.2. The lowest BCUT2D eigenvalue weighted by Crippen LogP contribution is -2.28. The van der Waals surface area contributed by atoms with Gasteiger partial charge >= 0.3 is 0 Å². The second-order valence-electron chi connectivity index (χ2n) is 5.55. The summed E-state index contributed by atoms with van der Waals surface area (Å²) < 4.78 is 11.6. The van der Waals surface area contributed by atoms with Gasteiger partial charge in [-0.15, -0.1) is 12.4 Å². The van der Waals surface area contributed by atoms with Crippen molar-refractivity contribution in [1.29, 1.82) is 0 Å². The summed E-state index contributed by atoms with van der Waals surface area (Å²) in [5.74, 6) is 0.240. The summed E-state index contributed by atoms with van der Waals surface area (Å²) in [4.78, 5) is 24.0. The summed E-state index contributed by atoms with van der Waals surface area (Å²) in [7, 11) is 3.08. The maximum atomic E-state index is 12.1. The molecular weight excluding hydrogens is 374 g/mol. The topological polar surface area (TPSA) is 120 Å². The zero-order valence-corrected chi connectivity index (χ0v) is 16.0. The van der Waals surface area contributed by atoms with Crippen molar-refractivity contribution < 1.29 is 19.1 Å². The van der Waals surface area contributed by atoms with Gasteiger partial charge in [-0.1, -0.05) is 0 Å². The fraction of sp³-hybridized carbons (Fsp3) is 0.353. The summed E-state index contributed by atoms with van der Waals surface area (Å²) in [6.45, 7) is 0.278. The molecule has 2 rings (SSSR count). The Morgan fingerprint density at radius 3 is 2.41 bits per heavy atom. The first-order valence-electron chi connectivity index (χ1n) is 8.03. The largest absolute Gasteiger partial charge is 0.497 e. The van der Waals surface area contributed by atoms with Gasteiger partial charge in [0.25, 0.3) is 0 Å². The number of aromatic nitrogens is 2. The van der Waals surface area contributed by atoms with Gasteiger partial charge in [-0.05, 0) is 24.3 Å². The van der Waals surface area contributed by atoms with Crippen molar-refractivity contribution in [3.05, 3.63) is 36.7 Å². The predicted molar refractivity (Wildman–Crippen MR) is 104 cm³/mol. The molecule has 10 heteroatoms. The molecule has 2 aromatic rings. The molecule has 0 fully saturated rings. The summed E-state index contributed by atoms with van der Waals surface area (Å²) in [5, 5.41) is 9.52. The van der Waals surface area contributed by atoms with Gasteiger partial charge < -0.3 is 25.8 Å². The predicted octanol–water partition coefficient (Wildman–Crippen LogP) is 1.25. The lowest BCUT2D eigenvalue weighted by atomic mass is 10.2. The zero-order chi connectivity index (χ0) is 18.9. The molecule has 0 bridgehead atoms. The number of nitrogens with one attached hydrogen (secondary N) is 2. The molecule has 0 aliphatic carbocycles. The van der Waals surface area contributed by atoms with Crippen LogP contribution in [0.15, 0.2) is 36.7 Å². The first kappa shape index (κ1) is 22.4. The number of hydrogen-bond acceptors (Lipinski definition) is 6. The van der Waals surface area contributed by atoms with E-state index >= 15 is 0 Å². The van der Waals surface area contributed by atoms with Crippen LogP contribution in [-0.2, 0) is 20.9 Å². The van der Waals surface area contributed by atoms with Crippen molar-refractivity contribution in [1.82, 2.24) is 9.78 Å². The van der Waals surface area contributed by atoms with Gasteiger partial charge in [0, 0.05) is 25.5 Å². The molecule has 2 amide bonds. The number of nitrogens with zero attached hydrogens (tertiary/aromatic N) is 2. The normalized spacial score (nSPS) is 11.2. The summed E-state index contributed by atoms with van der Waals surface area (Å²) in [6.07, 6.45) is 2.87. The van der Waals surface area contributed by atoms with E-state index in [0.717, 1.165) is 0 Å². The molecule has 1 atom stereocenters. The van der Waals surface area contributed by atoms with Gasteiger partial charge in [-0.25, -0.2) is 0 Å². The van der Waals surface area contributed by atoms with E-state index in [0.29, 0.717) is 17.1 Å². The molecule has 1 aromatic heterocycles. The number of ether oxygens (including phenoxy) is 2. The van der Waals surface area contributed by atoms with E-state index in [1.807, 2.05) is 0 Å². The molecule has 1 heterocycles. The van der Waals surface area contributed by atoms with E-state index in [-0.39, 0.29) is 49.8 Å². The average Bonchev–Trinajstić information content (AvgIpc) is 3.06. The van der Waals surface area contributed by atoms with E-state index in [2.05, 4.69) is 15.7 Å². The molecule has 0 radical (unpaired) electrons.